The molecule has 0 aliphatic heterocycles. The summed E-state index contributed by atoms with van der Waals surface area (Å²) in [5, 5.41) is 0. The number of nitrogens with zero attached hydrogens (tertiary/aromatic N) is 1. The lowest BCUT2D eigenvalue weighted by atomic mass is 10.1. The highest BCUT2D eigenvalue weighted by Crippen LogP contribution is 2.10. The highest BCUT2D eigenvalue weighted by molar-refractivity contribution is 5.94. The zero-order valence-electron chi connectivity index (χ0n) is 12.6. The SMILES string of the molecule is CCCCCCCCN(C)C(=O)c1ccc(N)cc1.Cl. The summed E-state index contributed by atoms with van der Waals surface area (Å²) in [6.07, 6.45) is 7.47. The van der Waals surface area contributed by atoms with Gasteiger partial charge in [0.15, 0.2) is 0 Å². The summed E-state index contributed by atoms with van der Waals surface area (Å²) < 4.78 is 0. The Morgan fingerprint density at radius 3 is 2.20 bits per heavy atom. The first kappa shape index (κ1) is 18.8. The average molecular weight is 299 g/mol. The summed E-state index contributed by atoms with van der Waals surface area (Å²) in [6, 6.07) is 7.11. The van der Waals surface area contributed by atoms with Gasteiger partial charge in [-0.1, -0.05) is 39.0 Å². The van der Waals surface area contributed by atoms with Crippen LogP contribution in [0.25, 0.3) is 0 Å². The van der Waals surface area contributed by atoms with E-state index in [4.69, 9.17) is 5.73 Å². The number of nitrogens with two attached hydrogens (primary N) is 1. The van der Waals surface area contributed by atoms with E-state index >= 15 is 0 Å². The molecule has 4 heteroatoms. The van der Waals surface area contributed by atoms with Crippen molar-refractivity contribution in [1.82, 2.24) is 4.90 Å². The summed E-state index contributed by atoms with van der Waals surface area (Å²) in [4.78, 5) is 13.9. The minimum atomic E-state index is 0. The van der Waals surface area contributed by atoms with Gasteiger partial charge in [-0.05, 0) is 30.7 Å². The molecular formula is C16H27ClN2O. The predicted molar refractivity (Wildman–Crippen MR) is 88.4 cm³/mol. The van der Waals surface area contributed by atoms with Crippen LogP contribution in [0.1, 0.15) is 55.8 Å². The molecule has 0 heterocycles. The molecule has 1 amide bonds. The number of rotatable bonds is 8. The molecule has 0 aliphatic rings. The smallest absolute Gasteiger partial charge is 0.253 e. The van der Waals surface area contributed by atoms with Crippen molar-refractivity contribution in [3.63, 3.8) is 0 Å². The van der Waals surface area contributed by atoms with Crippen LogP contribution in [-0.4, -0.2) is 24.4 Å². The van der Waals surface area contributed by atoms with Crippen molar-refractivity contribution in [1.29, 1.82) is 0 Å². The first-order chi connectivity index (χ1) is 9.15. The van der Waals surface area contributed by atoms with Crippen LogP contribution in [0.4, 0.5) is 5.69 Å². The van der Waals surface area contributed by atoms with Gasteiger partial charge in [0.2, 0.25) is 0 Å². The van der Waals surface area contributed by atoms with Gasteiger partial charge in [0, 0.05) is 24.8 Å². The molecular weight excluding hydrogens is 272 g/mol. The van der Waals surface area contributed by atoms with Crippen LogP contribution in [0.3, 0.4) is 0 Å². The highest BCUT2D eigenvalue weighted by atomic mass is 35.5. The number of carbonyl (C=O) groups is 1. The van der Waals surface area contributed by atoms with E-state index in [0.29, 0.717) is 11.3 Å². The first-order valence-electron chi connectivity index (χ1n) is 7.26. The Bertz CT molecular complexity index is 379. The molecule has 0 saturated heterocycles. The molecule has 0 bridgehead atoms. The van der Waals surface area contributed by atoms with Crippen molar-refractivity contribution in [3.05, 3.63) is 29.8 Å². The van der Waals surface area contributed by atoms with Crippen LogP contribution in [-0.2, 0) is 0 Å². The zero-order chi connectivity index (χ0) is 14.1. The van der Waals surface area contributed by atoms with E-state index in [1.807, 2.05) is 7.05 Å². The Kier molecular flexibility index (Phi) is 9.91. The number of hydrogen-bond acceptors (Lipinski definition) is 2. The van der Waals surface area contributed by atoms with Crippen LogP contribution >= 0.6 is 12.4 Å². The van der Waals surface area contributed by atoms with Crippen molar-refractivity contribution in [2.24, 2.45) is 0 Å². The van der Waals surface area contributed by atoms with E-state index in [-0.39, 0.29) is 18.3 Å². The van der Waals surface area contributed by atoms with Gasteiger partial charge >= 0.3 is 0 Å². The van der Waals surface area contributed by atoms with Crippen molar-refractivity contribution in [3.8, 4) is 0 Å². The average Bonchev–Trinajstić information content (AvgIpc) is 2.42. The Balaban J connectivity index is 0.00000361. The van der Waals surface area contributed by atoms with Gasteiger partial charge in [0.1, 0.15) is 0 Å². The van der Waals surface area contributed by atoms with Gasteiger partial charge in [-0.3, -0.25) is 4.79 Å². The summed E-state index contributed by atoms with van der Waals surface area (Å²) in [5.74, 6) is 0.0774. The normalized spacial score (nSPS) is 9.90. The second-order valence-corrected chi connectivity index (χ2v) is 5.12. The van der Waals surface area contributed by atoms with Gasteiger partial charge in [-0.15, -0.1) is 12.4 Å². The fraction of sp³-hybridized carbons (Fsp3) is 0.562. The maximum atomic E-state index is 12.1. The van der Waals surface area contributed by atoms with E-state index in [1.54, 1.807) is 29.2 Å². The maximum absolute atomic E-state index is 12.1. The van der Waals surface area contributed by atoms with Gasteiger partial charge in [0.25, 0.3) is 5.91 Å². The van der Waals surface area contributed by atoms with Crippen molar-refractivity contribution < 1.29 is 4.79 Å². The molecule has 114 valence electrons. The van der Waals surface area contributed by atoms with Crippen LogP contribution < -0.4 is 5.73 Å². The number of amides is 1. The number of unbranched alkanes of at least 4 members (excludes halogenated alkanes) is 5. The van der Waals surface area contributed by atoms with Gasteiger partial charge in [-0.2, -0.15) is 0 Å². The molecule has 3 nitrogen and oxygen atoms in total. The van der Waals surface area contributed by atoms with E-state index in [9.17, 15) is 4.79 Å². The second kappa shape index (κ2) is 10.6. The number of anilines is 1. The number of nitrogen functional groups attached to an aromatic ring is 1. The molecule has 2 N–H and O–H groups in total. The molecule has 0 aromatic heterocycles. The Morgan fingerprint density at radius 2 is 1.60 bits per heavy atom. The molecule has 0 spiro atoms. The summed E-state index contributed by atoms with van der Waals surface area (Å²) in [6.45, 7) is 3.05. The molecule has 1 rings (SSSR count). The maximum Gasteiger partial charge on any atom is 0.253 e. The van der Waals surface area contributed by atoms with E-state index in [0.717, 1.165) is 13.0 Å². The van der Waals surface area contributed by atoms with Gasteiger partial charge < -0.3 is 10.6 Å². The topological polar surface area (TPSA) is 46.3 Å². The lowest BCUT2D eigenvalue weighted by molar-refractivity contribution is 0.0792. The summed E-state index contributed by atoms with van der Waals surface area (Å²) in [7, 11) is 1.87. The number of benzene rings is 1. The Labute approximate surface area is 128 Å². The summed E-state index contributed by atoms with van der Waals surface area (Å²) >= 11 is 0. The standard InChI is InChI=1S/C16H26N2O.ClH/c1-3-4-5-6-7-8-13-18(2)16(19)14-9-11-15(17)12-10-14;/h9-12H,3-8,13,17H2,1-2H3;1H. The molecule has 0 unspecified atom stereocenters. The second-order valence-electron chi connectivity index (χ2n) is 5.12. The van der Waals surface area contributed by atoms with Crippen molar-refractivity contribution >= 4 is 24.0 Å². The summed E-state index contributed by atoms with van der Waals surface area (Å²) in [5.41, 5.74) is 7.02. The van der Waals surface area contributed by atoms with Crippen LogP contribution in [0.2, 0.25) is 0 Å². The Hall–Kier alpha value is -1.22. The third-order valence-electron chi connectivity index (χ3n) is 3.35. The molecule has 1 aromatic carbocycles. The lowest BCUT2D eigenvalue weighted by Crippen LogP contribution is -2.27. The van der Waals surface area contributed by atoms with Gasteiger partial charge in [0.05, 0.1) is 0 Å². The molecule has 1 aromatic rings. The zero-order valence-corrected chi connectivity index (χ0v) is 13.4. The van der Waals surface area contributed by atoms with E-state index in [2.05, 4.69) is 6.92 Å². The van der Waals surface area contributed by atoms with Crippen molar-refractivity contribution in [2.45, 2.75) is 45.4 Å². The van der Waals surface area contributed by atoms with E-state index < -0.39 is 0 Å². The van der Waals surface area contributed by atoms with Crippen molar-refractivity contribution in [2.75, 3.05) is 19.3 Å². The van der Waals surface area contributed by atoms with Crippen LogP contribution in [0.15, 0.2) is 24.3 Å². The third-order valence-corrected chi connectivity index (χ3v) is 3.35. The minimum absolute atomic E-state index is 0. The van der Waals surface area contributed by atoms with Crippen LogP contribution in [0.5, 0.6) is 0 Å². The number of carbonyl (C=O) groups excluding carboxylic acids is 1. The molecule has 0 saturated carbocycles. The number of halogens is 1. The van der Waals surface area contributed by atoms with Gasteiger partial charge in [-0.25, -0.2) is 0 Å². The lowest BCUT2D eigenvalue weighted by Gasteiger charge is -2.17. The molecule has 0 atom stereocenters. The largest absolute Gasteiger partial charge is 0.399 e. The quantitative estimate of drug-likeness (QED) is 0.579. The molecule has 0 radical (unpaired) electrons. The van der Waals surface area contributed by atoms with E-state index in [1.165, 1.54) is 32.1 Å². The number of hydrogen-bond donors (Lipinski definition) is 1. The third kappa shape index (κ3) is 6.80. The predicted octanol–water partition coefficient (Wildman–Crippen LogP) is 4.12. The molecule has 20 heavy (non-hydrogen) atoms. The highest BCUT2D eigenvalue weighted by Gasteiger charge is 2.10. The van der Waals surface area contributed by atoms with Crippen LogP contribution in [0, 0.1) is 0 Å². The monoisotopic (exact) mass is 298 g/mol. The molecule has 0 fully saturated rings. The minimum Gasteiger partial charge on any atom is -0.399 e. The fourth-order valence-corrected chi connectivity index (χ4v) is 2.08. The fourth-order valence-electron chi connectivity index (χ4n) is 2.08. The first-order valence-corrected chi connectivity index (χ1v) is 7.26. The Morgan fingerprint density at radius 1 is 1.05 bits per heavy atom. The molecule has 0 aliphatic carbocycles.